The van der Waals surface area contributed by atoms with Crippen LogP contribution in [0.3, 0.4) is 0 Å². The van der Waals surface area contributed by atoms with Gasteiger partial charge >= 0.3 is 0 Å². The van der Waals surface area contributed by atoms with Crippen LogP contribution in [0.4, 0.5) is 0 Å². The fraction of sp³-hybridized carbons (Fsp3) is 0.706. The second-order valence-corrected chi connectivity index (χ2v) is 7.65. The molecule has 1 aliphatic heterocycles. The minimum Gasteiger partial charge on any atom is -0.356 e. The highest BCUT2D eigenvalue weighted by Crippen LogP contribution is 2.14. The predicted molar refractivity (Wildman–Crippen MR) is 96.0 cm³/mol. The lowest BCUT2D eigenvalue weighted by Gasteiger charge is -2.35. The molecule has 1 aromatic heterocycles. The number of carbonyl (C=O) groups is 2. The summed E-state index contributed by atoms with van der Waals surface area (Å²) in [6.45, 7) is 9.22. The molecule has 0 bridgehead atoms. The number of aryl methyl sites for hydroxylation is 2. The molecule has 0 unspecified atom stereocenters. The summed E-state index contributed by atoms with van der Waals surface area (Å²) in [4.78, 5) is 31.9. The lowest BCUT2D eigenvalue weighted by atomic mass is 10.1. The molecule has 2 rings (SSSR count). The maximum atomic E-state index is 12.2. The molecule has 0 aromatic carbocycles. The Balaban J connectivity index is 1.75. The van der Waals surface area contributed by atoms with Crippen molar-refractivity contribution in [2.24, 2.45) is 5.92 Å². The Morgan fingerprint density at radius 2 is 2.33 bits per heavy atom. The maximum Gasteiger partial charge on any atom is 0.237 e. The van der Waals surface area contributed by atoms with Gasteiger partial charge in [-0.25, -0.2) is 4.98 Å². The van der Waals surface area contributed by atoms with Gasteiger partial charge in [-0.3, -0.25) is 14.5 Å². The van der Waals surface area contributed by atoms with Gasteiger partial charge in [0.15, 0.2) is 0 Å². The third-order valence-corrected chi connectivity index (χ3v) is 5.16. The number of hydrogen-bond acceptors (Lipinski definition) is 5. The average molecular weight is 353 g/mol. The fourth-order valence-corrected chi connectivity index (χ4v) is 3.79. The molecule has 2 N–H and O–H groups in total. The molecule has 2 amide bonds. The minimum atomic E-state index is -0.343. The molecule has 1 atom stereocenters. The SMILES string of the molecule is Cc1ncsc1CCCNC(=O)C[C@@H]1C(=O)NCCN1CC(C)C. The number of piperazine rings is 1. The van der Waals surface area contributed by atoms with E-state index in [0.717, 1.165) is 31.6 Å². The Bertz CT molecular complexity index is 559. The van der Waals surface area contributed by atoms with Crippen molar-refractivity contribution in [3.05, 3.63) is 16.1 Å². The number of rotatable bonds is 8. The van der Waals surface area contributed by atoms with Crippen molar-refractivity contribution in [1.29, 1.82) is 0 Å². The highest BCUT2D eigenvalue weighted by atomic mass is 32.1. The molecule has 0 radical (unpaired) electrons. The molecule has 0 spiro atoms. The van der Waals surface area contributed by atoms with Gasteiger partial charge in [0.2, 0.25) is 11.8 Å². The van der Waals surface area contributed by atoms with Crippen molar-refractivity contribution in [2.45, 2.75) is 46.1 Å². The molecular formula is C17H28N4O2S. The average Bonchev–Trinajstić information content (AvgIpc) is 2.92. The van der Waals surface area contributed by atoms with E-state index in [2.05, 4.69) is 34.4 Å². The first-order valence-electron chi connectivity index (χ1n) is 8.64. The van der Waals surface area contributed by atoms with Crippen LogP contribution in [-0.4, -0.2) is 53.9 Å². The number of thiazole rings is 1. The van der Waals surface area contributed by atoms with Gasteiger partial charge in [0.25, 0.3) is 0 Å². The maximum absolute atomic E-state index is 12.2. The third kappa shape index (κ3) is 5.56. The van der Waals surface area contributed by atoms with E-state index in [1.807, 2.05) is 12.4 Å². The van der Waals surface area contributed by atoms with Crippen LogP contribution in [0.2, 0.25) is 0 Å². The van der Waals surface area contributed by atoms with Crippen molar-refractivity contribution in [3.63, 3.8) is 0 Å². The zero-order valence-corrected chi connectivity index (χ0v) is 15.6. The first kappa shape index (κ1) is 18.9. The largest absolute Gasteiger partial charge is 0.356 e. The lowest BCUT2D eigenvalue weighted by molar-refractivity contribution is -0.134. The van der Waals surface area contributed by atoms with Gasteiger partial charge in [-0.1, -0.05) is 13.8 Å². The van der Waals surface area contributed by atoms with Gasteiger partial charge in [-0.15, -0.1) is 11.3 Å². The monoisotopic (exact) mass is 352 g/mol. The Morgan fingerprint density at radius 3 is 3.00 bits per heavy atom. The van der Waals surface area contributed by atoms with Crippen LogP contribution < -0.4 is 10.6 Å². The highest BCUT2D eigenvalue weighted by Gasteiger charge is 2.31. The number of amides is 2. The molecule has 0 aliphatic carbocycles. The molecule has 1 aliphatic rings. The quantitative estimate of drug-likeness (QED) is 0.693. The number of aromatic nitrogens is 1. The summed E-state index contributed by atoms with van der Waals surface area (Å²) in [7, 11) is 0. The van der Waals surface area contributed by atoms with Crippen LogP contribution in [0.15, 0.2) is 5.51 Å². The van der Waals surface area contributed by atoms with Gasteiger partial charge in [-0.05, 0) is 25.7 Å². The first-order chi connectivity index (χ1) is 11.5. The number of hydrogen-bond donors (Lipinski definition) is 2. The third-order valence-electron chi connectivity index (χ3n) is 4.17. The number of nitrogens with one attached hydrogen (secondary N) is 2. The normalized spacial score (nSPS) is 18.7. The van der Waals surface area contributed by atoms with E-state index in [-0.39, 0.29) is 24.3 Å². The molecule has 1 saturated heterocycles. The van der Waals surface area contributed by atoms with Crippen molar-refractivity contribution in [3.8, 4) is 0 Å². The Hall–Kier alpha value is -1.47. The van der Waals surface area contributed by atoms with Crippen LogP contribution in [0.25, 0.3) is 0 Å². The van der Waals surface area contributed by atoms with E-state index in [9.17, 15) is 9.59 Å². The highest BCUT2D eigenvalue weighted by molar-refractivity contribution is 7.09. The van der Waals surface area contributed by atoms with E-state index in [1.165, 1.54) is 4.88 Å². The van der Waals surface area contributed by atoms with Crippen LogP contribution in [-0.2, 0) is 16.0 Å². The summed E-state index contributed by atoms with van der Waals surface area (Å²) in [6.07, 6.45) is 2.06. The standard InChI is InChI=1S/C17H28N4O2S/c1-12(2)10-21-8-7-19-17(23)14(21)9-16(22)18-6-4-5-15-13(3)20-11-24-15/h11-12,14H,4-10H2,1-3H3,(H,18,22)(H,19,23)/t14-/m1/s1. The Labute approximate surface area is 148 Å². The molecule has 1 aromatic rings. The summed E-state index contributed by atoms with van der Waals surface area (Å²) in [5.41, 5.74) is 2.93. The molecular weight excluding hydrogens is 324 g/mol. The second-order valence-electron chi connectivity index (χ2n) is 6.71. The molecule has 7 heteroatoms. The van der Waals surface area contributed by atoms with Crippen molar-refractivity contribution in [1.82, 2.24) is 20.5 Å². The Morgan fingerprint density at radius 1 is 1.54 bits per heavy atom. The summed E-state index contributed by atoms with van der Waals surface area (Å²) in [5, 5.41) is 5.81. The van der Waals surface area contributed by atoms with Gasteiger partial charge < -0.3 is 10.6 Å². The van der Waals surface area contributed by atoms with Crippen LogP contribution in [0.1, 0.15) is 37.3 Å². The van der Waals surface area contributed by atoms with Gasteiger partial charge in [0, 0.05) is 31.1 Å². The smallest absolute Gasteiger partial charge is 0.237 e. The summed E-state index contributed by atoms with van der Waals surface area (Å²) in [5.74, 6) is 0.397. The predicted octanol–water partition coefficient (Wildman–Crippen LogP) is 1.35. The van der Waals surface area contributed by atoms with Gasteiger partial charge in [0.1, 0.15) is 0 Å². The number of nitrogens with zero attached hydrogens (tertiary/aromatic N) is 2. The Kier molecular flexibility index (Phi) is 7.17. The van der Waals surface area contributed by atoms with Crippen LogP contribution >= 0.6 is 11.3 Å². The topological polar surface area (TPSA) is 74.3 Å². The molecule has 24 heavy (non-hydrogen) atoms. The fourth-order valence-electron chi connectivity index (χ4n) is 2.96. The van der Waals surface area contributed by atoms with Crippen LogP contribution in [0, 0.1) is 12.8 Å². The van der Waals surface area contributed by atoms with Gasteiger partial charge in [0.05, 0.1) is 23.7 Å². The van der Waals surface area contributed by atoms with Crippen molar-refractivity contribution < 1.29 is 9.59 Å². The van der Waals surface area contributed by atoms with E-state index in [4.69, 9.17) is 0 Å². The van der Waals surface area contributed by atoms with Gasteiger partial charge in [-0.2, -0.15) is 0 Å². The molecule has 134 valence electrons. The first-order valence-corrected chi connectivity index (χ1v) is 9.52. The lowest BCUT2D eigenvalue weighted by Crippen LogP contribution is -2.57. The minimum absolute atomic E-state index is 0.0302. The van der Waals surface area contributed by atoms with Crippen molar-refractivity contribution >= 4 is 23.2 Å². The van der Waals surface area contributed by atoms with E-state index >= 15 is 0 Å². The molecule has 6 nitrogen and oxygen atoms in total. The zero-order valence-electron chi connectivity index (χ0n) is 14.8. The zero-order chi connectivity index (χ0) is 17.5. The summed E-state index contributed by atoms with van der Waals surface area (Å²) < 4.78 is 0. The van der Waals surface area contributed by atoms with Crippen LogP contribution in [0.5, 0.6) is 0 Å². The molecule has 1 fully saturated rings. The summed E-state index contributed by atoms with van der Waals surface area (Å²) in [6, 6.07) is -0.343. The molecule has 0 saturated carbocycles. The van der Waals surface area contributed by atoms with E-state index in [1.54, 1.807) is 11.3 Å². The van der Waals surface area contributed by atoms with Crippen molar-refractivity contribution in [2.75, 3.05) is 26.2 Å². The molecule has 2 heterocycles. The van der Waals surface area contributed by atoms with E-state index in [0.29, 0.717) is 19.0 Å². The summed E-state index contributed by atoms with van der Waals surface area (Å²) >= 11 is 1.66. The second kappa shape index (κ2) is 9.13. The van der Waals surface area contributed by atoms with E-state index < -0.39 is 0 Å². The number of carbonyl (C=O) groups excluding carboxylic acids is 2.